The molecule has 0 aromatic carbocycles. The SMILES string of the molecule is N#CCc1ncc(C#N)c(CBr)c1C(F)F. The zero-order chi connectivity index (χ0) is 12.1. The largest absolute Gasteiger partial charge is 0.265 e. The number of rotatable bonds is 3. The summed E-state index contributed by atoms with van der Waals surface area (Å²) in [5.41, 5.74) is 0.0371. The molecule has 6 heteroatoms. The fourth-order valence-corrected chi connectivity index (χ4v) is 1.93. The number of alkyl halides is 3. The van der Waals surface area contributed by atoms with Crippen molar-refractivity contribution in [3.63, 3.8) is 0 Å². The molecule has 0 radical (unpaired) electrons. The van der Waals surface area contributed by atoms with Crippen molar-refractivity contribution in [3.8, 4) is 12.1 Å². The standard InChI is InChI=1S/C10H6BrF2N3/c11-3-7-6(4-15)5-16-8(1-2-14)9(7)10(12)13/h5,10H,1,3H2. The van der Waals surface area contributed by atoms with Crippen LogP contribution < -0.4 is 0 Å². The fraction of sp³-hybridized carbons (Fsp3) is 0.300. The minimum atomic E-state index is -2.74. The van der Waals surface area contributed by atoms with E-state index >= 15 is 0 Å². The maximum Gasteiger partial charge on any atom is 0.265 e. The van der Waals surface area contributed by atoms with E-state index in [1.807, 2.05) is 0 Å². The second-order valence-corrected chi connectivity index (χ2v) is 3.45. The van der Waals surface area contributed by atoms with E-state index in [9.17, 15) is 8.78 Å². The summed E-state index contributed by atoms with van der Waals surface area (Å²) in [6, 6.07) is 3.58. The van der Waals surface area contributed by atoms with Crippen LogP contribution in [-0.4, -0.2) is 4.98 Å². The van der Waals surface area contributed by atoms with Crippen molar-refractivity contribution in [2.75, 3.05) is 0 Å². The first kappa shape index (κ1) is 12.5. The van der Waals surface area contributed by atoms with Crippen molar-refractivity contribution in [2.24, 2.45) is 0 Å². The summed E-state index contributed by atoms with van der Waals surface area (Å²) in [7, 11) is 0. The number of nitriles is 2. The van der Waals surface area contributed by atoms with Gasteiger partial charge in [-0.05, 0) is 5.56 Å². The molecule has 0 bridgehead atoms. The lowest BCUT2D eigenvalue weighted by Crippen LogP contribution is -2.05. The minimum Gasteiger partial charge on any atom is -0.258 e. The van der Waals surface area contributed by atoms with E-state index in [4.69, 9.17) is 10.5 Å². The zero-order valence-corrected chi connectivity index (χ0v) is 9.63. The van der Waals surface area contributed by atoms with Gasteiger partial charge in [-0.3, -0.25) is 4.98 Å². The highest BCUT2D eigenvalue weighted by atomic mass is 79.9. The van der Waals surface area contributed by atoms with E-state index in [1.54, 1.807) is 12.1 Å². The number of pyridine rings is 1. The lowest BCUT2D eigenvalue weighted by atomic mass is 10.0. The predicted molar refractivity (Wildman–Crippen MR) is 55.9 cm³/mol. The molecular weight excluding hydrogens is 280 g/mol. The van der Waals surface area contributed by atoms with Crippen LogP contribution >= 0.6 is 15.9 Å². The first-order valence-electron chi connectivity index (χ1n) is 4.27. The summed E-state index contributed by atoms with van der Waals surface area (Å²) in [4.78, 5) is 3.72. The molecule has 0 fully saturated rings. The van der Waals surface area contributed by atoms with Gasteiger partial charge in [-0.25, -0.2) is 8.78 Å². The lowest BCUT2D eigenvalue weighted by Gasteiger charge is -2.11. The van der Waals surface area contributed by atoms with Crippen molar-refractivity contribution >= 4 is 15.9 Å². The Morgan fingerprint density at radius 1 is 1.44 bits per heavy atom. The van der Waals surface area contributed by atoms with Crippen LogP contribution in [0.4, 0.5) is 8.78 Å². The molecule has 0 unspecified atom stereocenters. The molecule has 3 nitrogen and oxygen atoms in total. The molecular formula is C10H6BrF2N3. The normalized spacial score (nSPS) is 9.88. The molecule has 0 aliphatic carbocycles. The second kappa shape index (κ2) is 5.53. The topological polar surface area (TPSA) is 60.5 Å². The summed E-state index contributed by atoms with van der Waals surface area (Å²) in [5.74, 6) is 0. The lowest BCUT2D eigenvalue weighted by molar-refractivity contribution is 0.149. The van der Waals surface area contributed by atoms with E-state index in [-0.39, 0.29) is 34.1 Å². The van der Waals surface area contributed by atoms with Gasteiger partial charge in [0.25, 0.3) is 6.43 Å². The molecule has 0 amide bonds. The third-order valence-electron chi connectivity index (χ3n) is 2.03. The Bertz CT molecular complexity index is 474. The maximum atomic E-state index is 12.8. The molecule has 16 heavy (non-hydrogen) atoms. The van der Waals surface area contributed by atoms with Gasteiger partial charge in [0.1, 0.15) is 6.07 Å². The molecule has 0 spiro atoms. The Labute approximate surface area is 99.5 Å². The van der Waals surface area contributed by atoms with E-state index in [0.29, 0.717) is 0 Å². The van der Waals surface area contributed by atoms with Gasteiger partial charge in [-0.1, -0.05) is 15.9 Å². The van der Waals surface area contributed by atoms with Crippen LogP contribution in [-0.2, 0) is 11.8 Å². The highest BCUT2D eigenvalue weighted by Crippen LogP contribution is 2.29. The van der Waals surface area contributed by atoms with Crippen LogP contribution in [0.2, 0.25) is 0 Å². The number of aromatic nitrogens is 1. The van der Waals surface area contributed by atoms with Crippen LogP contribution in [0.25, 0.3) is 0 Å². The monoisotopic (exact) mass is 285 g/mol. The molecule has 1 aromatic rings. The predicted octanol–water partition coefficient (Wildman–Crippen LogP) is 2.85. The number of nitrogens with zero attached hydrogens (tertiary/aromatic N) is 3. The highest BCUT2D eigenvalue weighted by molar-refractivity contribution is 9.08. The van der Waals surface area contributed by atoms with Crippen molar-refractivity contribution in [1.29, 1.82) is 10.5 Å². The summed E-state index contributed by atoms with van der Waals surface area (Å²) in [6.07, 6.45) is -1.71. The third kappa shape index (κ3) is 2.34. The van der Waals surface area contributed by atoms with Gasteiger partial charge >= 0.3 is 0 Å². The molecule has 0 saturated heterocycles. The molecule has 1 aromatic heterocycles. The third-order valence-corrected chi connectivity index (χ3v) is 2.59. The quantitative estimate of drug-likeness (QED) is 0.803. The second-order valence-electron chi connectivity index (χ2n) is 2.89. The first-order valence-corrected chi connectivity index (χ1v) is 5.39. The van der Waals surface area contributed by atoms with Crippen molar-refractivity contribution in [3.05, 3.63) is 28.6 Å². The van der Waals surface area contributed by atoms with E-state index in [0.717, 1.165) is 0 Å². The van der Waals surface area contributed by atoms with Gasteiger partial charge in [0.2, 0.25) is 0 Å². The molecule has 0 aliphatic heterocycles. The number of hydrogen-bond acceptors (Lipinski definition) is 3. The Hall–Kier alpha value is -1.53. The van der Waals surface area contributed by atoms with Crippen LogP contribution in [0.3, 0.4) is 0 Å². The average molecular weight is 286 g/mol. The molecule has 0 atom stereocenters. The van der Waals surface area contributed by atoms with Gasteiger partial charge in [-0.15, -0.1) is 0 Å². The zero-order valence-electron chi connectivity index (χ0n) is 8.04. The summed E-state index contributed by atoms with van der Waals surface area (Å²) >= 11 is 3.06. The Balaban J connectivity index is 3.46. The van der Waals surface area contributed by atoms with E-state index < -0.39 is 6.43 Å². The summed E-state index contributed by atoms with van der Waals surface area (Å²) in [6.45, 7) is 0. The molecule has 1 rings (SSSR count). The smallest absolute Gasteiger partial charge is 0.258 e. The van der Waals surface area contributed by atoms with E-state index in [2.05, 4.69) is 20.9 Å². The summed E-state index contributed by atoms with van der Waals surface area (Å²) in [5, 5.41) is 17.4. The van der Waals surface area contributed by atoms with Gasteiger partial charge < -0.3 is 0 Å². The maximum absolute atomic E-state index is 12.8. The Morgan fingerprint density at radius 2 is 2.12 bits per heavy atom. The fourth-order valence-electron chi connectivity index (χ4n) is 1.32. The average Bonchev–Trinajstić information content (AvgIpc) is 2.28. The Morgan fingerprint density at radius 3 is 2.56 bits per heavy atom. The van der Waals surface area contributed by atoms with Gasteiger partial charge in [-0.2, -0.15) is 10.5 Å². The van der Waals surface area contributed by atoms with Gasteiger partial charge in [0, 0.05) is 17.1 Å². The highest BCUT2D eigenvalue weighted by Gasteiger charge is 2.21. The van der Waals surface area contributed by atoms with E-state index in [1.165, 1.54) is 6.20 Å². The van der Waals surface area contributed by atoms with Crippen LogP contribution in [0, 0.1) is 22.7 Å². The van der Waals surface area contributed by atoms with Gasteiger partial charge in [0.15, 0.2) is 0 Å². The molecule has 0 saturated carbocycles. The number of halogens is 3. The Kier molecular flexibility index (Phi) is 4.33. The molecule has 82 valence electrons. The van der Waals surface area contributed by atoms with Crippen molar-refractivity contribution < 1.29 is 8.78 Å². The molecule has 0 N–H and O–H groups in total. The summed E-state index contributed by atoms with van der Waals surface area (Å²) < 4.78 is 25.7. The van der Waals surface area contributed by atoms with Crippen LogP contribution in [0.5, 0.6) is 0 Å². The molecule has 0 aliphatic rings. The first-order chi connectivity index (χ1) is 7.65. The van der Waals surface area contributed by atoms with Crippen molar-refractivity contribution in [2.45, 2.75) is 18.2 Å². The molecule has 1 heterocycles. The van der Waals surface area contributed by atoms with Crippen LogP contribution in [0.1, 0.15) is 28.8 Å². The van der Waals surface area contributed by atoms with Gasteiger partial charge in [0.05, 0.1) is 23.7 Å². The minimum absolute atomic E-state index is 0.0333. The number of hydrogen-bond donors (Lipinski definition) is 0. The van der Waals surface area contributed by atoms with Crippen molar-refractivity contribution in [1.82, 2.24) is 4.98 Å². The van der Waals surface area contributed by atoms with Crippen LogP contribution in [0.15, 0.2) is 6.20 Å².